The Morgan fingerprint density at radius 3 is 2.32 bits per heavy atom. The molecule has 1 atom stereocenters. The number of amides is 1. The summed E-state index contributed by atoms with van der Waals surface area (Å²) in [4.78, 5) is 32.7. The van der Waals surface area contributed by atoms with E-state index in [0.29, 0.717) is 35.0 Å². The molecule has 7 heteroatoms. The Morgan fingerprint density at radius 1 is 0.818 bits per heavy atom. The Bertz CT molecular complexity index is 1820. The Balaban J connectivity index is 1.35. The van der Waals surface area contributed by atoms with E-state index in [4.69, 9.17) is 9.47 Å². The molecule has 6 rings (SSSR count). The van der Waals surface area contributed by atoms with E-state index in [-0.39, 0.29) is 17.9 Å². The molecule has 0 spiro atoms. The monoisotopic (exact) mass is 582 g/mol. The number of hydrogen-bond acceptors (Lipinski definition) is 6. The van der Waals surface area contributed by atoms with E-state index >= 15 is 0 Å². The number of carbonyl (C=O) groups excluding carboxylic acids is 2. The summed E-state index contributed by atoms with van der Waals surface area (Å²) in [6.45, 7) is 2.57. The van der Waals surface area contributed by atoms with Gasteiger partial charge in [0.1, 0.15) is 29.6 Å². The fourth-order valence-electron chi connectivity index (χ4n) is 5.25. The lowest BCUT2D eigenvalue weighted by molar-refractivity contribution is -0.140. The minimum absolute atomic E-state index is 0.00401. The molecular formula is C37H30N2O5. The highest BCUT2D eigenvalue weighted by molar-refractivity contribution is 6.46. The van der Waals surface area contributed by atoms with Crippen LogP contribution in [-0.4, -0.2) is 26.7 Å². The van der Waals surface area contributed by atoms with Crippen LogP contribution in [-0.2, 0) is 22.7 Å². The van der Waals surface area contributed by atoms with Gasteiger partial charge in [0.15, 0.2) is 0 Å². The SMILES string of the molecule is Cc1ccccc1COc1ccc(/C(O)=C2\C(=O)C(=O)N(Cc3cccnc3)C2c2cccc(Oc3ccccc3)c2)cc1. The van der Waals surface area contributed by atoms with E-state index in [2.05, 4.69) is 4.98 Å². The summed E-state index contributed by atoms with van der Waals surface area (Å²) in [7, 11) is 0. The van der Waals surface area contributed by atoms with Gasteiger partial charge < -0.3 is 19.5 Å². The first-order valence-electron chi connectivity index (χ1n) is 14.3. The van der Waals surface area contributed by atoms with Crippen molar-refractivity contribution in [1.82, 2.24) is 9.88 Å². The molecule has 0 bridgehead atoms. The second-order valence-electron chi connectivity index (χ2n) is 10.5. The van der Waals surface area contributed by atoms with Crippen LogP contribution in [0.2, 0.25) is 0 Å². The number of rotatable bonds is 9. The number of aromatic nitrogens is 1. The van der Waals surface area contributed by atoms with E-state index in [1.807, 2.05) is 73.7 Å². The molecule has 1 unspecified atom stereocenters. The minimum atomic E-state index is -0.855. The molecular weight excluding hydrogens is 552 g/mol. The second kappa shape index (κ2) is 12.7. The van der Waals surface area contributed by atoms with Gasteiger partial charge in [-0.25, -0.2) is 0 Å². The van der Waals surface area contributed by atoms with Crippen molar-refractivity contribution in [1.29, 1.82) is 0 Å². The normalized spacial score (nSPS) is 15.8. The maximum atomic E-state index is 13.6. The molecule has 1 aliphatic heterocycles. The Labute approximate surface area is 255 Å². The maximum absolute atomic E-state index is 13.6. The highest BCUT2D eigenvalue weighted by atomic mass is 16.5. The van der Waals surface area contributed by atoms with Crippen LogP contribution in [0.3, 0.4) is 0 Å². The molecule has 218 valence electrons. The third-order valence-corrected chi connectivity index (χ3v) is 7.55. The van der Waals surface area contributed by atoms with Crippen molar-refractivity contribution in [3.8, 4) is 17.2 Å². The number of aliphatic hydroxyl groups is 1. The minimum Gasteiger partial charge on any atom is -0.507 e. The van der Waals surface area contributed by atoms with Crippen LogP contribution in [0.5, 0.6) is 17.2 Å². The zero-order valence-corrected chi connectivity index (χ0v) is 24.1. The predicted molar refractivity (Wildman–Crippen MR) is 167 cm³/mol. The number of ketones is 1. The third-order valence-electron chi connectivity index (χ3n) is 7.55. The average Bonchev–Trinajstić information content (AvgIpc) is 3.30. The molecule has 44 heavy (non-hydrogen) atoms. The van der Waals surface area contributed by atoms with Crippen molar-refractivity contribution in [2.24, 2.45) is 0 Å². The van der Waals surface area contributed by atoms with Gasteiger partial charge in [-0.3, -0.25) is 14.6 Å². The van der Waals surface area contributed by atoms with Crippen molar-refractivity contribution in [3.05, 3.63) is 161 Å². The van der Waals surface area contributed by atoms with E-state index in [1.54, 1.807) is 60.9 Å². The van der Waals surface area contributed by atoms with Gasteiger partial charge in [0, 0.05) is 24.5 Å². The summed E-state index contributed by atoms with van der Waals surface area (Å²) < 4.78 is 12.0. The Morgan fingerprint density at radius 2 is 1.57 bits per heavy atom. The summed E-state index contributed by atoms with van der Waals surface area (Å²) in [5, 5.41) is 11.6. The van der Waals surface area contributed by atoms with Crippen molar-refractivity contribution in [3.63, 3.8) is 0 Å². The molecule has 1 saturated heterocycles. The van der Waals surface area contributed by atoms with Crippen LogP contribution < -0.4 is 9.47 Å². The number of hydrogen-bond donors (Lipinski definition) is 1. The molecule has 2 heterocycles. The average molecular weight is 583 g/mol. The van der Waals surface area contributed by atoms with E-state index in [1.165, 1.54) is 4.90 Å². The smallest absolute Gasteiger partial charge is 0.295 e. The number of likely N-dealkylation sites (tertiary alicyclic amines) is 1. The van der Waals surface area contributed by atoms with Crippen LogP contribution >= 0.6 is 0 Å². The molecule has 1 aromatic heterocycles. The largest absolute Gasteiger partial charge is 0.507 e. The zero-order valence-electron chi connectivity index (χ0n) is 24.1. The number of pyridine rings is 1. The summed E-state index contributed by atoms with van der Waals surface area (Å²) in [6, 6.07) is 34.2. The van der Waals surface area contributed by atoms with Crippen LogP contribution in [0.25, 0.3) is 5.76 Å². The highest BCUT2D eigenvalue weighted by Crippen LogP contribution is 2.41. The molecule has 1 amide bonds. The van der Waals surface area contributed by atoms with Crippen LogP contribution in [0, 0.1) is 6.92 Å². The standard InChI is InChI=1S/C37H30N2O5/c1-25-9-5-6-11-29(25)24-43-30-18-16-27(17-19-30)35(40)33-34(39(37(42)36(33)41)23-26-10-8-20-38-22-26)28-12-7-15-32(21-28)44-31-13-3-2-4-14-31/h2-22,34,40H,23-24H2,1H3/b35-33+. The Kier molecular flexibility index (Phi) is 8.19. The van der Waals surface area contributed by atoms with Gasteiger partial charge in [0.05, 0.1) is 11.6 Å². The predicted octanol–water partition coefficient (Wildman–Crippen LogP) is 7.38. The topological polar surface area (TPSA) is 89.0 Å². The molecule has 0 saturated carbocycles. The summed E-state index contributed by atoms with van der Waals surface area (Å²) >= 11 is 0. The first-order valence-corrected chi connectivity index (χ1v) is 14.3. The first kappa shape index (κ1) is 28.4. The van der Waals surface area contributed by atoms with Gasteiger partial charge in [-0.1, -0.05) is 60.7 Å². The van der Waals surface area contributed by atoms with Crippen molar-refractivity contribution >= 4 is 17.4 Å². The van der Waals surface area contributed by atoms with E-state index in [9.17, 15) is 14.7 Å². The quantitative estimate of drug-likeness (QED) is 0.111. The molecule has 1 aliphatic rings. The molecule has 5 aromatic rings. The molecule has 0 aliphatic carbocycles. The third kappa shape index (κ3) is 6.08. The number of benzene rings is 4. The molecule has 4 aromatic carbocycles. The highest BCUT2D eigenvalue weighted by Gasteiger charge is 2.46. The van der Waals surface area contributed by atoms with Gasteiger partial charge in [-0.15, -0.1) is 0 Å². The number of aliphatic hydroxyl groups excluding tert-OH is 1. The lowest BCUT2D eigenvalue weighted by atomic mass is 9.95. The molecule has 1 N–H and O–H groups in total. The van der Waals surface area contributed by atoms with Gasteiger partial charge in [-0.2, -0.15) is 0 Å². The fourth-order valence-corrected chi connectivity index (χ4v) is 5.25. The number of carbonyl (C=O) groups is 2. The number of para-hydroxylation sites is 1. The molecule has 1 fully saturated rings. The van der Waals surface area contributed by atoms with Gasteiger partial charge in [-0.05, 0) is 83.8 Å². The number of Topliss-reactive ketones (excluding diaryl/α,β-unsaturated/α-hetero) is 1. The van der Waals surface area contributed by atoms with Crippen molar-refractivity contribution in [2.45, 2.75) is 26.1 Å². The zero-order chi connectivity index (χ0) is 30.5. The van der Waals surface area contributed by atoms with Crippen molar-refractivity contribution in [2.75, 3.05) is 0 Å². The molecule has 0 radical (unpaired) electrons. The lowest BCUT2D eigenvalue weighted by Crippen LogP contribution is -2.29. The lowest BCUT2D eigenvalue weighted by Gasteiger charge is -2.25. The fraction of sp³-hybridized carbons (Fsp3) is 0.108. The van der Waals surface area contributed by atoms with Gasteiger partial charge >= 0.3 is 0 Å². The van der Waals surface area contributed by atoms with Crippen LogP contribution in [0.4, 0.5) is 0 Å². The van der Waals surface area contributed by atoms with Crippen molar-refractivity contribution < 1.29 is 24.2 Å². The summed E-state index contributed by atoms with van der Waals surface area (Å²) in [5.41, 5.74) is 3.99. The second-order valence-corrected chi connectivity index (χ2v) is 10.5. The van der Waals surface area contributed by atoms with E-state index in [0.717, 1.165) is 16.7 Å². The molecule has 7 nitrogen and oxygen atoms in total. The number of nitrogens with zero attached hydrogens (tertiary/aromatic N) is 2. The Hall–Kier alpha value is -5.69. The van der Waals surface area contributed by atoms with E-state index < -0.39 is 17.7 Å². The summed E-state index contributed by atoms with van der Waals surface area (Å²) in [6.07, 6.45) is 3.30. The first-order chi connectivity index (χ1) is 21.5. The number of ether oxygens (including phenoxy) is 2. The van der Waals surface area contributed by atoms with Gasteiger partial charge in [0.2, 0.25) is 0 Å². The van der Waals surface area contributed by atoms with Crippen LogP contribution in [0.1, 0.15) is 33.9 Å². The maximum Gasteiger partial charge on any atom is 0.295 e. The summed E-state index contributed by atoms with van der Waals surface area (Å²) in [5.74, 6) is 0.0826. The van der Waals surface area contributed by atoms with Crippen LogP contribution in [0.15, 0.2) is 133 Å². The number of aryl methyl sites for hydroxylation is 1. The van der Waals surface area contributed by atoms with Gasteiger partial charge in [0.25, 0.3) is 11.7 Å².